The number of rotatable bonds is 10. The summed E-state index contributed by atoms with van der Waals surface area (Å²) in [6.45, 7) is 1.22. The van der Waals surface area contributed by atoms with Gasteiger partial charge in [-0.1, -0.05) is 18.3 Å². The van der Waals surface area contributed by atoms with Crippen LogP contribution in [0, 0.1) is 5.92 Å². The largest absolute Gasteiger partial charge is 0.432 e. The Balaban J connectivity index is 1.16. The minimum atomic E-state index is -3.68. The molecule has 15 heteroatoms. The van der Waals surface area contributed by atoms with Crippen molar-refractivity contribution in [3.8, 4) is 5.75 Å². The van der Waals surface area contributed by atoms with Gasteiger partial charge in [0, 0.05) is 45.2 Å². The number of carbonyl (C=O) groups excluding carboxylic acids is 1. The SMILES string of the molecule is CC(CNc1ncc(OC(F)F)cn1)CNc1nc2ccc(S(=O)(=O)N3CCN4C(=O)CCC4C3)cc2s1. The third-order valence-electron chi connectivity index (χ3n) is 6.52. The number of anilines is 2. The van der Waals surface area contributed by atoms with E-state index in [0.29, 0.717) is 62.2 Å². The molecule has 2 atom stereocenters. The first-order chi connectivity index (χ1) is 18.2. The molecule has 2 unspecified atom stereocenters. The summed E-state index contributed by atoms with van der Waals surface area (Å²) in [6.07, 6.45) is 3.53. The zero-order chi connectivity index (χ0) is 26.9. The number of halogens is 2. The predicted molar refractivity (Wildman–Crippen MR) is 138 cm³/mol. The van der Waals surface area contributed by atoms with Gasteiger partial charge in [0.1, 0.15) is 0 Å². The molecule has 5 rings (SSSR count). The average molecular weight is 568 g/mol. The van der Waals surface area contributed by atoms with E-state index in [4.69, 9.17) is 0 Å². The van der Waals surface area contributed by atoms with Gasteiger partial charge in [0.15, 0.2) is 10.9 Å². The molecule has 1 aromatic carbocycles. The molecule has 4 heterocycles. The van der Waals surface area contributed by atoms with E-state index in [1.54, 1.807) is 23.1 Å². The van der Waals surface area contributed by atoms with Crippen LogP contribution in [0.2, 0.25) is 0 Å². The standard InChI is InChI=1S/C23H27F2N7O4S2/c1-14(9-26-22-27-11-16(12-28-22)36-21(24)25)10-29-23-30-18-4-3-17(8-19(18)37-23)38(34,35)31-6-7-32-15(13-31)2-5-20(32)33/h3-4,8,11-12,14-15,21H,2,5-7,9-10,13H2,1H3,(H,29,30)(H,26,27,28). The molecule has 2 aromatic heterocycles. The van der Waals surface area contributed by atoms with E-state index in [0.717, 1.165) is 4.70 Å². The van der Waals surface area contributed by atoms with Gasteiger partial charge in [-0.25, -0.2) is 23.4 Å². The summed E-state index contributed by atoms with van der Waals surface area (Å²) >= 11 is 1.37. The fourth-order valence-corrected chi connectivity index (χ4v) is 7.00. The van der Waals surface area contributed by atoms with Gasteiger partial charge < -0.3 is 20.3 Å². The lowest BCUT2D eigenvalue weighted by atomic mass is 10.2. The van der Waals surface area contributed by atoms with Crippen LogP contribution in [-0.2, 0) is 14.8 Å². The number of fused-ring (bicyclic) bond motifs is 2. The summed E-state index contributed by atoms with van der Waals surface area (Å²) in [5.41, 5.74) is 0.702. The van der Waals surface area contributed by atoms with Crippen LogP contribution >= 0.6 is 11.3 Å². The number of ether oxygens (including phenoxy) is 1. The highest BCUT2D eigenvalue weighted by Gasteiger charge is 2.39. The summed E-state index contributed by atoms with van der Waals surface area (Å²) in [5, 5.41) is 6.99. The number of carbonyl (C=O) groups is 1. The predicted octanol–water partition coefficient (Wildman–Crippen LogP) is 2.84. The molecular weight excluding hydrogens is 540 g/mol. The van der Waals surface area contributed by atoms with E-state index in [2.05, 4.69) is 30.3 Å². The molecule has 3 aromatic rings. The van der Waals surface area contributed by atoms with Gasteiger partial charge in [-0.05, 0) is 30.5 Å². The first kappa shape index (κ1) is 26.4. The highest BCUT2D eigenvalue weighted by Crippen LogP contribution is 2.31. The summed E-state index contributed by atoms with van der Waals surface area (Å²) in [6, 6.07) is 4.90. The quantitative estimate of drug-likeness (QED) is 0.380. The number of thiazole rings is 1. The van der Waals surface area contributed by atoms with Gasteiger partial charge in [0.05, 0.1) is 27.5 Å². The number of amides is 1. The topological polar surface area (TPSA) is 130 Å². The molecule has 2 saturated heterocycles. The van der Waals surface area contributed by atoms with Gasteiger partial charge in [0.2, 0.25) is 21.9 Å². The van der Waals surface area contributed by atoms with Crippen LogP contribution in [0.4, 0.5) is 19.9 Å². The van der Waals surface area contributed by atoms with E-state index in [9.17, 15) is 22.0 Å². The summed E-state index contributed by atoms with van der Waals surface area (Å²) < 4.78 is 57.5. The number of piperazine rings is 1. The number of sulfonamides is 1. The van der Waals surface area contributed by atoms with Crippen LogP contribution in [0.3, 0.4) is 0 Å². The average Bonchev–Trinajstić information content (AvgIpc) is 3.49. The summed E-state index contributed by atoms with van der Waals surface area (Å²) in [5.74, 6) is 0.431. The van der Waals surface area contributed by atoms with Crippen molar-refractivity contribution in [3.63, 3.8) is 0 Å². The lowest BCUT2D eigenvalue weighted by Gasteiger charge is -2.36. The molecule has 0 aliphatic carbocycles. The number of nitrogens with zero attached hydrogens (tertiary/aromatic N) is 5. The molecular formula is C23H27F2N7O4S2. The number of nitrogens with one attached hydrogen (secondary N) is 2. The highest BCUT2D eigenvalue weighted by atomic mass is 32.2. The van der Waals surface area contributed by atoms with Crippen molar-refractivity contribution < 1.29 is 26.7 Å². The molecule has 204 valence electrons. The zero-order valence-electron chi connectivity index (χ0n) is 20.5. The van der Waals surface area contributed by atoms with Gasteiger partial charge in [-0.3, -0.25) is 4.79 Å². The fraction of sp³-hybridized carbons (Fsp3) is 0.478. The normalized spacial score (nSPS) is 19.1. The van der Waals surface area contributed by atoms with Crippen molar-refractivity contribution in [2.45, 2.75) is 37.3 Å². The maximum atomic E-state index is 13.3. The van der Waals surface area contributed by atoms with Crippen LogP contribution in [0.1, 0.15) is 19.8 Å². The summed E-state index contributed by atoms with van der Waals surface area (Å²) in [4.78, 5) is 26.4. The molecule has 2 N–H and O–H groups in total. The van der Waals surface area contributed by atoms with Gasteiger partial charge in [0.25, 0.3) is 0 Å². The smallest absolute Gasteiger partial charge is 0.387 e. The maximum Gasteiger partial charge on any atom is 0.387 e. The zero-order valence-corrected chi connectivity index (χ0v) is 22.1. The van der Waals surface area contributed by atoms with Crippen LogP contribution in [-0.4, -0.2) is 83.9 Å². The second-order valence-corrected chi connectivity index (χ2v) is 12.2. The van der Waals surface area contributed by atoms with Crippen LogP contribution in [0.5, 0.6) is 5.75 Å². The molecule has 38 heavy (non-hydrogen) atoms. The molecule has 2 fully saturated rings. The Morgan fingerprint density at radius 2 is 1.95 bits per heavy atom. The van der Waals surface area contributed by atoms with Crippen LogP contribution in [0.15, 0.2) is 35.5 Å². The number of hydrogen-bond donors (Lipinski definition) is 2. The molecule has 2 aliphatic rings. The number of hydrogen-bond acceptors (Lipinski definition) is 10. The Morgan fingerprint density at radius 3 is 2.71 bits per heavy atom. The van der Waals surface area contributed by atoms with Crippen molar-refractivity contribution in [1.82, 2.24) is 24.2 Å². The second-order valence-electron chi connectivity index (χ2n) is 9.28. The first-order valence-corrected chi connectivity index (χ1v) is 14.4. The Labute approximate surface area is 222 Å². The fourth-order valence-electron chi connectivity index (χ4n) is 4.51. The lowest BCUT2D eigenvalue weighted by Crippen LogP contribution is -2.53. The molecule has 0 saturated carbocycles. The minimum Gasteiger partial charge on any atom is -0.432 e. The van der Waals surface area contributed by atoms with Crippen molar-refractivity contribution in [2.75, 3.05) is 43.4 Å². The minimum absolute atomic E-state index is 0.0455. The molecule has 0 bridgehead atoms. The van der Waals surface area contributed by atoms with Crippen LogP contribution < -0.4 is 15.4 Å². The Morgan fingerprint density at radius 1 is 1.18 bits per heavy atom. The molecule has 2 aliphatic heterocycles. The second kappa shape index (κ2) is 10.9. The maximum absolute atomic E-state index is 13.3. The van der Waals surface area contributed by atoms with Gasteiger partial charge in [-0.15, -0.1) is 0 Å². The monoisotopic (exact) mass is 567 g/mol. The lowest BCUT2D eigenvalue weighted by molar-refractivity contribution is -0.130. The third kappa shape index (κ3) is 5.78. The Bertz CT molecular complexity index is 1400. The summed E-state index contributed by atoms with van der Waals surface area (Å²) in [7, 11) is -3.68. The number of aromatic nitrogens is 3. The van der Waals surface area contributed by atoms with E-state index in [1.807, 2.05) is 6.92 Å². The van der Waals surface area contributed by atoms with E-state index < -0.39 is 16.6 Å². The Kier molecular flexibility index (Phi) is 7.59. The van der Waals surface area contributed by atoms with E-state index in [-0.39, 0.29) is 28.5 Å². The van der Waals surface area contributed by atoms with E-state index in [1.165, 1.54) is 28.0 Å². The molecule has 0 radical (unpaired) electrons. The van der Waals surface area contributed by atoms with Gasteiger partial charge in [-0.2, -0.15) is 13.1 Å². The van der Waals surface area contributed by atoms with Crippen molar-refractivity contribution >= 4 is 48.6 Å². The Hall–Kier alpha value is -3.17. The van der Waals surface area contributed by atoms with Crippen molar-refractivity contribution in [2.24, 2.45) is 5.92 Å². The number of alkyl halides is 2. The van der Waals surface area contributed by atoms with Gasteiger partial charge >= 0.3 is 6.61 Å². The number of benzene rings is 1. The first-order valence-electron chi connectivity index (χ1n) is 12.1. The van der Waals surface area contributed by atoms with Crippen LogP contribution in [0.25, 0.3) is 10.2 Å². The van der Waals surface area contributed by atoms with Crippen molar-refractivity contribution in [3.05, 3.63) is 30.6 Å². The highest BCUT2D eigenvalue weighted by molar-refractivity contribution is 7.89. The molecule has 11 nitrogen and oxygen atoms in total. The molecule has 1 amide bonds. The third-order valence-corrected chi connectivity index (χ3v) is 9.36. The van der Waals surface area contributed by atoms with E-state index >= 15 is 0 Å². The van der Waals surface area contributed by atoms with Crippen molar-refractivity contribution in [1.29, 1.82) is 0 Å². The molecule has 0 spiro atoms.